The van der Waals surface area contributed by atoms with Crippen molar-refractivity contribution in [2.75, 3.05) is 0 Å². The highest BCUT2D eigenvalue weighted by atomic mass is 35.5. The molecule has 0 unspecified atom stereocenters. The summed E-state index contributed by atoms with van der Waals surface area (Å²) >= 11 is 5.97. The molecule has 0 N–H and O–H groups in total. The van der Waals surface area contributed by atoms with E-state index >= 15 is 0 Å². The van der Waals surface area contributed by atoms with Crippen molar-refractivity contribution in [3.8, 4) is 0 Å². The average molecular weight is 261 g/mol. The Kier molecular flexibility index (Phi) is 2.76. The zero-order valence-electron chi connectivity index (χ0n) is 9.48. The average Bonchev–Trinajstić information content (AvgIpc) is 2.75. The van der Waals surface area contributed by atoms with Gasteiger partial charge in [-0.05, 0) is 24.3 Å². The number of halogens is 2. The predicted molar refractivity (Wildman–Crippen MR) is 70.2 cm³/mol. The highest BCUT2D eigenvalue weighted by Gasteiger charge is 2.06. The van der Waals surface area contributed by atoms with Crippen LogP contribution in [0.4, 0.5) is 4.39 Å². The molecule has 0 atom stereocenters. The van der Waals surface area contributed by atoms with Crippen LogP contribution in [0.2, 0.25) is 5.02 Å². The van der Waals surface area contributed by atoms with Gasteiger partial charge in [0.15, 0.2) is 0 Å². The highest BCUT2D eigenvalue weighted by Crippen LogP contribution is 2.20. The first-order valence-corrected chi connectivity index (χ1v) is 5.96. The molecule has 0 fully saturated rings. The van der Waals surface area contributed by atoms with Gasteiger partial charge in [-0.3, -0.25) is 4.68 Å². The van der Waals surface area contributed by atoms with E-state index in [-0.39, 0.29) is 5.82 Å². The molecule has 0 aliphatic rings. The standard InChI is InChI=1S/C14H10ClFN2/c15-12-6-5-10-8-17-18(14(10)7-12)9-11-3-1-2-4-13(11)16/h1-8H,9H2. The van der Waals surface area contributed by atoms with Gasteiger partial charge in [-0.15, -0.1) is 0 Å². The first kappa shape index (κ1) is 11.2. The molecule has 4 heteroatoms. The maximum atomic E-state index is 13.6. The molecular formula is C14H10ClFN2. The second-order valence-electron chi connectivity index (χ2n) is 4.10. The summed E-state index contributed by atoms with van der Waals surface area (Å²) in [5.74, 6) is -0.219. The zero-order chi connectivity index (χ0) is 12.5. The van der Waals surface area contributed by atoms with Crippen LogP contribution in [0.15, 0.2) is 48.7 Å². The molecule has 0 amide bonds. The number of hydrogen-bond acceptors (Lipinski definition) is 1. The second-order valence-corrected chi connectivity index (χ2v) is 4.53. The van der Waals surface area contributed by atoms with Crippen LogP contribution < -0.4 is 0 Å². The Balaban J connectivity index is 2.05. The van der Waals surface area contributed by atoms with Gasteiger partial charge in [0.2, 0.25) is 0 Å². The van der Waals surface area contributed by atoms with E-state index in [0.29, 0.717) is 17.1 Å². The second kappa shape index (κ2) is 4.42. The number of hydrogen-bond donors (Lipinski definition) is 0. The van der Waals surface area contributed by atoms with Crippen LogP contribution in [-0.2, 0) is 6.54 Å². The molecular weight excluding hydrogens is 251 g/mol. The molecule has 2 nitrogen and oxygen atoms in total. The molecule has 0 saturated heterocycles. The molecule has 18 heavy (non-hydrogen) atoms. The molecule has 0 spiro atoms. The van der Waals surface area contributed by atoms with Gasteiger partial charge >= 0.3 is 0 Å². The first-order chi connectivity index (χ1) is 8.74. The van der Waals surface area contributed by atoms with E-state index in [1.165, 1.54) is 6.07 Å². The fourth-order valence-corrected chi connectivity index (χ4v) is 2.12. The molecule has 0 bridgehead atoms. The number of rotatable bonds is 2. The van der Waals surface area contributed by atoms with Crippen molar-refractivity contribution < 1.29 is 4.39 Å². The SMILES string of the molecule is Fc1ccccc1Cn1ncc2ccc(Cl)cc21. The van der Waals surface area contributed by atoms with Gasteiger partial charge in [0.1, 0.15) is 5.82 Å². The van der Waals surface area contributed by atoms with E-state index in [1.807, 2.05) is 24.3 Å². The first-order valence-electron chi connectivity index (χ1n) is 5.58. The minimum absolute atomic E-state index is 0.219. The maximum Gasteiger partial charge on any atom is 0.128 e. The molecule has 90 valence electrons. The smallest absolute Gasteiger partial charge is 0.128 e. The van der Waals surface area contributed by atoms with E-state index in [0.717, 1.165) is 10.9 Å². The van der Waals surface area contributed by atoms with Crippen molar-refractivity contribution in [1.29, 1.82) is 0 Å². The molecule has 0 aliphatic heterocycles. The summed E-state index contributed by atoms with van der Waals surface area (Å²) in [5.41, 5.74) is 1.52. The van der Waals surface area contributed by atoms with E-state index in [9.17, 15) is 4.39 Å². The predicted octanol–water partition coefficient (Wildman–Crippen LogP) is 3.88. The van der Waals surface area contributed by atoms with Crippen LogP contribution in [0, 0.1) is 5.82 Å². The van der Waals surface area contributed by atoms with Crippen LogP contribution in [0.25, 0.3) is 10.9 Å². The van der Waals surface area contributed by atoms with Gasteiger partial charge in [0, 0.05) is 16.0 Å². The van der Waals surface area contributed by atoms with Crippen molar-refractivity contribution in [2.24, 2.45) is 0 Å². The third kappa shape index (κ3) is 1.97. The summed E-state index contributed by atoms with van der Waals surface area (Å²) in [6, 6.07) is 12.3. The Labute approximate surface area is 109 Å². The minimum Gasteiger partial charge on any atom is -0.260 e. The summed E-state index contributed by atoms with van der Waals surface area (Å²) < 4.78 is 15.3. The molecule has 2 aromatic carbocycles. The summed E-state index contributed by atoms with van der Waals surface area (Å²) in [6.07, 6.45) is 1.76. The van der Waals surface area contributed by atoms with Crippen molar-refractivity contribution in [3.63, 3.8) is 0 Å². The summed E-state index contributed by atoms with van der Waals surface area (Å²) in [4.78, 5) is 0. The topological polar surface area (TPSA) is 17.8 Å². The lowest BCUT2D eigenvalue weighted by Crippen LogP contribution is -2.03. The van der Waals surface area contributed by atoms with Gasteiger partial charge in [-0.2, -0.15) is 5.10 Å². The van der Waals surface area contributed by atoms with E-state index in [2.05, 4.69) is 5.10 Å². The van der Waals surface area contributed by atoms with E-state index in [4.69, 9.17) is 11.6 Å². The fourth-order valence-electron chi connectivity index (χ4n) is 1.96. The van der Waals surface area contributed by atoms with Gasteiger partial charge in [-0.25, -0.2) is 4.39 Å². The van der Waals surface area contributed by atoms with Crippen LogP contribution in [-0.4, -0.2) is 9.78 Å². The van der Waals surface area contributed by atoms with Gasteiger partial charge in [-0.1, -0.05) is 29.8 Å². The van der Waals surface area contributed by atoms with Gasteiger partial charge in [0.05, 0.1) is 18.3 Å². The molecule has 1 heterocycles. The number of benzene rings is 2. The monoisotopic (exact) mass is 260 g/mol. The quantitative estimate of drug-likeness (QED) is 0.684. The highest BCUT2D eigenvalue weighted by molar-refractivity contribution is 6.31. The molecule has 0 radical (unpaired) electrons. The Bertz CT molecular complexity index is 706. The lowest BCUT2D eigenvalue weighted by Gasteiger charge is -2.05. The Morgan fingerprint density at radius 2 is 2.00 bits per heavy atom. The summed E-state index contributed by atoms with van der Waals surface area (Å²) in [7, 11) is 0. The maximum absolute atomic E-state index is 13.6. The molecule has 1 aromatic heterocycles. The van der Waals surface area contributed by atoms with Crippen LogP contribution >= 0.6 is 11.6 Å². The van der Waals surface area contributed by atoms with Crippen LogP contribution in [0.5, 0.6) is 0 Å². The van der Waals surface area contributed by atoms with Gasteiger partial charge in [0.25, 0.3) is 0 Å². The zero-order valence-corrected chi connectivity index (χ0v) is 10.2. The van der Waals surface area contributed by atoms with Crippen molar-refractivity contribution >= 4 is 22.5 Å². The Morgan fingerprint density at radius 1 is 1.17 bits per heavy atom. The van der Waals surface area contributed by atoms with Crippen molar-refractivity contribution in [3.05, 3.63) is 65.1 Å². The van der Waals surface area contributed by atoms with Crippen molar-refractivity contribution in [2.45, 2.75) is 6.54 Å². The molecule has 3 aromatic rings. The fraction of sp³-hybridized carbons (Fsp3) is 0.0714. The Hall–Kier alpha value is -1.87. The third-order valence-corrected chi connectivity index (χ3v) is 3.12. The normalized spacial score (nSPS) is 11.0. The van der Waals surface area contributed by atoms with Crippen LogP contribution in [0.3, 0.4) is 0 Å². The van der Waals surface area contributed by atoms with Crippen molar-refractivity contribution in [1.82, 2.24) is 9.78 Å². The lowest BCUT2D eigenvalue weighted by atomic mass is 10.2. The minimum atomic E-state index is -0.219. The van der Waals surface area contributed by atoms with Gasteiger partial charge < -0.3 is 0 Å². The molecule has 0 aliphatic carbocycles. The molecule has 3 rings (SSSR count). The number of fused-ring (bicyclic) bond motifs is 1. The summed E-state index contributed by atoms with van der Waals surface area (Å²) in [6.45, 7) is 0.399. The Morgan fingerprint density at radius 3 is 2.83 bits per heavy atom. The molecule has 0 saturated carbocycles. The number of aromatic nitrogens is 2. The van der Waals surface area contributed by atoms with Crippen LogP contribution in [0.1, 0.15) is 5.56 Å². The largest absolute Gasteiger partial charge is 0.260 e. The lowest BCUT2D eigenvalue weighted by molar-refractivity contribution is 0.590. The summed E-state index contributed by atoms with van der Waals surface area (Å²) in [5, 5.41) is 5.91. The number of nitrogens with zero attached hydrogens (tertiary/aromatic N) is 2. The third-order valence-electron chi connectivity index (χ3n) is 2.88. The van der Waals surface area contributed by atoms with E-state index in [1.54, 1.807) is 23.0 Å². The van der Waals surface area contributed by atoms with E-state index < -0.39 is 0 Å².